The number of carbonyl (C=O) groups excluding carboxylic acids is 1. The van der Waals surface area contributed by atoms with Crippen LogP contribution in [0.15, 0.2) is 28.9 Å². The fourth-order valence-electron chi connectivity index (χ4n) is 6.03. The average molecular weight is 360 g/mol. The van der Waals surface area contributed by atoms with Gasteiger partial charge in [0.25, 0.3) is 0 Å². The predicted octanol–water partition coefficient (Wildman–Crippen LogP) is 4.62. The van der Waals surface area contributed by atoms with E-state index in [1.54, 1.807) is 6.26 Å². The molecule has 3 rings (SSSR count). The maximum Gasteiger partial charge on any atom is 0.311 e. The second-order valence-electron chi connectivity index (χ2n) is 8.68. The molecule has 0 aromatic carbocycles. The van der Waals surface area contributed by atoms with Gasteiger partial charge in [-0.2, -0.15) is 0 Å². The van der Waals surface area contributed by atoms with Gasteiger partial charge >= 0.3 is 5.97 Å². The summed E-state index contributed by atoms with van der Waals surface area (Å²) in [5.41, 5.74) is 8.06. The van der Waals surface area contributed by atoms with Crippen molar-refractivity contribution < 1.29 is 13.9 Å². The smallest absolute Gasteiger partial charge is 0.311 e. The normalized spacial score (nSPS) is 34.4. The Bertz CT molecular complexity index is 679. The summed E-state index contributed by atoms with van der Waals surface area (Å²) in [6.07, 6.45) is 8.92. The van der Waals surface area contributed by atoms with Crippen molar-refractivity contribution in [3.63, 3.8) is 0 Å². The Hall–Kier alpha value is -1.55. The van der Waals surface area contributed by atoms with Crippen molar-refractivity contribution in [3.8, 4) is 0 Å². The lowest BCUT2D eigenvalue weighted by molar-refractivity contribution is -0.168. The molecule has 1 aromatic rings. The number of aryl methyl sites for hydroxylation is 1. The summed E-state index contributed by atoms with van der Waals surface area (Å²) in [6.45, 7) is 9.36. The number of methoxy groups -OCH3 is 1. The van der Waals surface area contributed by atoms with Crippen LogP contribution in [0.3, 0.4) is 0 Å². The van der Waals surface area contributed by atoms with E-state index in [4.69, 9.17) is 14.9 Å². The molecule has 26 heavy (non-hydrogen) atoms. The van der Waals surface area contributed by atoms with Crippen LogP contribution in [0.1, 0.15) is 63.7 Å². The van der Waals surface area contributed by atoms with Crippen molar-refractivity contribution in [1.29, 1.82) is 0 Å². The van der Waals surface area contributed by atoms with Crippen LogP contribution in [0, 0.1) is 22.7 Å². The van der Waals surface area contributed by atoms with Crippen LogP contribution >= 0.6 is 0 Å². The minimum Gasteiger partial charge on any atom is -0.469 e. The number of nitrogens with two attached hydrogens (primary N) is 1. The number of hydrogen-bond donors (Lipinski definition) is 1. The zero-order chi connectivity index (χ0) is 18.9. The molecule has 1 aromatic heterocycles. The predicted molar refractivity (Wildman–Crippen MR) is 102 cm³/mol. The first-order valence-electron chi connectivity index (χ1n) is 9.88. The highest BCUT2D eigenvalue weighted by Crippen LogP contribution is 2.62. The molecule has 2 fully saturated rings. The summed E-state index contributed by atoms with van der Waals surface area (Å²) in [6, 6.07) is 2.03. The lowest BCUT2D eigenvalue weighted by Crippen LogP contribution is -2.53. The summed E-state index contributed by atoms with van der Waals surface area (Å²) in [7, 11) is 1.52. The molecule has 4 heteroatoms. The highest BCUT2D eigenvalue weighted by Gasteiger charge is 2.57. The second kappa shape index (κ2) is 7.22. The van der Waals surface area contributed by atoms with Crippen molar-refractivity contribution in [3.05, 3.63) is 35.8 Å². The monoisotopic (exact) mass is 359 g/mol. The van der Waals surface area contributed by atoms with E-state index in [0.717, 1.165) is 50.7 Å². The Morgan fingerprint density at radius 1 is 1.42 bits per heavy atom. The van der Waals surface area contributed by atoms with Gasteiger partial charge in [-0.25, -0.2) is 0 Å². The molecule has 2 N–H and O–H groups in total. The van der Waals surface area contributed by atoms with Gasteiger partial charge in [0.05, 0.1) is 25.3 Å². The Kier molecular flexibility index (Phi) is 5.34. The van der Waals surface area contributed by atoms with Gasteiger partial charge in [0.1, 0.15) is 5.76 Å². The van der Waals surface area contributed by atoms with Crippen LogP contribution in [0.4, 0.5) is 0 Å². The highest BCUT2D eigenvalue weighted by molar-refractivity contribution is 5.77. The van der Waals surface area contributed by atoms with E-state index < -0.39 is 0 Å². The van der Waals surface area contributed by atoms with Gasteiger partial charge < -0.3 is 14.9 Å². The molecule has 0 saturated heterocycles. The van der Waals surface area contributed by atoms with E-state index >= 15 is 0 Å². The van der Waals surface area contributed by atoms with E-state index in [1.165, 1.54) is 18.2 Å². The van der Waals surface area contributed by atoms with Crippen LogP contribution < -0.4 is 5.73 Å². The Morgan fingerprint density at radius 2 is 2.19 bits per heavy atom. The van der Waals surface area contributed by atoms with E-state index in [-0.39, 0.29) is 16.8 Å². The lowest BCUT2D eigenvalue weighted by Gasteiger charge is -2.57. The molecule has 0 aliphatic heterocycles. The number of carbonyl (C=O) groups is 1. The summed E-state index contributed by atoms with van der Waals surface area (Å²) < 4.78 is 10.7. The van der Waals surface area contributed by atoms with Gasteiger partial charge in [0.2, 0.25) is 0 Å². The third kappa shape index (κ3) is 3.02. The van der Waals surface area contributed by atoms with Crippen molar-refractivity contribution in [1.82, 2.24) is 0 Å². The summed E-state index contributed by atoms with van der Waals surface area (Å²) in [4.78, 5) is 12.6. The fourth-order valence-corrected chi connectivity index (χ4v) is 6.03. The highest BCUT2D eigenvalue weighted by atomic mass is 16.5. The average Bonchev–Trinajstić information content (AvgIpc) is 3.07. The first-order valence-corrected chi connectivity index (χ1v) is 9.88. The van der Waals surface area contributed by atoms with Crippen molar-refractivity contribution >= 4 is 5.97 Å². The quantitative estimate of drug-likeness (QED) is 0.615. The topological polar surface area (TPSA) is 65.5 Å². The summed E-state index contributed by atoms with van der Waals surface area (Å²) >= 11 is 0. The van der Waals surface area contributed by atoms with E-state index in [1.807, 2.05) is 6.07 Å². The molecule has 0 radical (unpaired) electrons. The number of ether oxygens (including phenoxy) is 1. The standard InChI is InChI=1S/C22H33NO3/c1-15-6-9-19-21(2,11-5-12-22(19,3)20(24)25-4)17(15)8-7-16-10-13-26-18(16)14-23/h10,13,17,19H,1,5-9,11-12,14,23H2,2-4H3. The van der Waals surface area contributed by atoms with Crippen molar-refractivity contribution in [2.75, 3.05) is 7.11 Å². The van der Waals surface area contributed by atoms with Gasteiger partial charge in [-0.1, -0.05) is 25.5 Å². The number of fused-ring (bicyclic) bond motifs is 1. The van der Waals surface area contributed by atoms with Gasteiger partial charge in [0, 0.05) is 0 Å². The molecule has 0 bridgehead atoms. The molecule has 2 aliphatic rings. The van der Waals surface area contributed by atoms with E-state index in [9.17, 15) is 4.79 Å². The molecule has 0 amide bonds. The van der Waals surface area contributed by atoms with Crippen LogP contribution in [-0.4, -0.2) is 13.1 Å². The molecule has 4 unspecified atom stereocenters. The number of allylic oxidation sites excluding steroid dienone is 1. The maximum absolute atomic E-state index is 12.6. The van der Waals surface area contributed by atoms with Gasteiger partial charge in [0.15, 0.2) is 0 Å². The molecule has 1 heterocycles. The number of rotatable bonds is 5. The number of esters is 1. The second-order valence-corrected chi connectivity index (χ2v) is 8.68. The van der Waals surface area contributed by atoms with Gasteiger partial charge in [-0.15, -0.1) is 0 Å². The minimum atomic E-state index is -0.376. The van der Waals surface area contributed by atoms with E-state index in [0.29, 0.717) is 18.4 Å². The van der Waals surface area contributed by atoms with Crippen LogP contribution in [0.25, 0.3) is 0 Å². The molecule has 144 valence electrons. The number of furan rings is 1. The minimum absolute atomic E-state index is 0.0417. The van der Waals surface area contributed by atoms with Gasteiger partial charge in [-0.05, 0) is 74.3 Å². The summed E-state index contributed by atoms with van der Waals surface area (Å²) in [5.74, 6) is 1.62. The van der Waals surface area contributed by atoms with Crippen LogP contribution in [0.5, 0.6) is 0 Å². The zero-order valence-corrected chi connectivity index (χ0v) is 16.5. The van der Waals surface area contributed by atoms with Crippen molar-refractivity contribution in [2.24, 2.45) is 28.4 Å². The van der Waals surface area contributed by atoms with Gasteiger partial charge in [-0.3, -0.25) is 4.79 Å². The van der Waals surface area contributed by atoms with Crippen LogP contribution in [-0.2, 0) is 22.5 Å². The zero-order valence-electron chi connectivity index (χ0n) is 16.5. The molecule has 4 nitrogen and oxygen atoms in total. The maximum atomic E-state index is 12.6. The third-order valence-electron chi connectivity index (χ3n) is 7.40. The SMILES string of the molecule is C=C1CCC2C(C)(C(=O)OC)CCCC2(C)C1CCc1ccoc1CN. The molecular weight excluding hydrogens is 326 g/mol. The Balaban J connectivity index is 1.85. The first-order chi connectivity index (χ1) is 12.4. The molecule has 2 aliphatic carbocycles. The van der Waals surface area contributed by atoms with Crippen LogP contribution in [0.2, 0.25) is 0 Å². The Labute approximate surface area is 157 Å². The fraction of sp³-hybridized carbons (Fsp3) is 0.682. The van der Waals surface area contributed by atoms with E-state index in [2.05, 4.69) is 20.4 Å². The number of hydrogen-bond acceptors (Lipinski definition) is 4. The Morgan fingerprint density at radius 3 is 2.88 bits per heavy atom. The molecule has 4 atom stereocenters. The first kappa shape index (κ1) is 19.2. The molecular formula is C22H33NO3. The molecule has 2 saturated carbocycles. The summed E-state index contributed by atoms with van der Waals surface area (Å²) in [5, 5.41) is 0. The third-order valence-corrected chi connectivity index (χ3v) is 7.40. The molecule has 0 spiro atoms. The largest absolute Gasteiger partial charge is 0.469 e. The lowest BCUT2D eigenvalue weighted by atomic mass is 9.46. The van der Waals surface area contributed by atoms with Crippen molar-refractivity contribution in [2.45, 2.75) is 65.3 Å².